The first kappa shape index (κ1) is 21.2. The molecule has 0 saturated carbocycles. The van der Waals surface area contributed by atoms with Gasteiger partial charge in [0.25, 0.3) is 0 Å². The van der Waals surface area contributed by atoms with Crippen LogP contribution >= 0.6 is 0 Å². The van der Waals surface area contributed by atoms with Crippen LogP contribution in [0.1, 0.15) is 52.5 Å². The Labute approximate surface area is 150 Å². The van der Waals surface area contributed by atoms with E-state index in [1.165, 1.54) is 12.1 Å². The summed E-state index contributed by atoms with van der Waals surface area (Å²) in [4.78, 5) is 11.9. The highest BCUT2D eigenvalue weighted by molar-refractivity contribution is 5.68. The van der Waals surface area contributed by atoms with Crippen molar-refractivity contribution in [3.8, 4) is 0 Å². The minimum Gasteiger partial charge on any atom is -0.444 e. The van der Waals surface area contributed by atoms with Crippen LogP contribution in [-0.4, -0.2) is 28.9 Å². The lowest BCUT2D eigenvalue weighted by Crippen LogP contribution is -2.38. The number of amides is 1. The van der Waals surface area contributed by atoms with E-state index in [4.69, 9.17) is 4.74 Å². The summed E-state index contributed by atoms with van der Waals surface area (Å²) in [5, 5.41) is 13.0. The number of alkyl carbamates (subject to hydrolysis) is 1. The van der Waals surface area contributed by atoms with Gasteiger partial charge >= 0.3 is 6.09 Å². The topological polar surface area (TPSA) is 58.6 Å². The molecule has 0 fully saturated rings. The number of hydrogen-bond acceptors (Lipinski definition) is 3. The second-order valence-electron chi connectivity index (χ2n) is 7.18. The summed E-state index contributed by atoms with van der Waals surface area (Å²) in [6.07, 6.45) is 5.44. The average molecular weight is 351 g/mol. The maximum absolute atomic E-state index is 12.9. The van der Waals surface area contributed by atoms with Gasteiger partial charge in [-0.05, 0) is 44.9 Å². The molecule has 0 bridgehead atoms. The first-order valence-electron chi connectivity index (χ1n) is 8.80. The molecule has 0 saturated heterocycles. The molecule has 1 rings (SSSR count). The van der Waals surface area contributed by atoms with Crippen LogP contribution in [0.5, 0.6) is 0 Å². The molecule has 1 aromatic rings. The molecule has 1 amide bonds. The van der Waals surface area contributed by atoms with Gasteiger partial charge in [-0.1, -0.05) is 44.1 Å². The second kappa shape index (κ2) is 10.2. The molecule has 0 unspecified atom stereocenters. The van der Waals surface area contributed by atoms with Crippen molar-refractivity contribution >= 4 is 6.09 Å². The summed E-state index contributed by atoms with van der Waals surface area (Å²) in [6.45, 7) is 7.53. The van der Waals surface area contributed by atoms with Crippen molar-refractivity contribution in [3.63, 3.8) is 0 Å². The van der Waals surface area contributed by atoms with Crippen LogP contribution in [0.4, 0.5) is 9.18 Å². The fourth-order valence-electron chi connectivity index (χ4n) is 2.29. The number of benzene rings is 1. The number of hydrogen-bond donors (Lipinski definition) is 2. The van der Waals surface area contributed by atoms with E-state index in [0.717, 1.165) is 24.8 Å². The second-order valence-corrected chi connectivity index (χ2v) is 7.18. The number of aliphatic hydroxyl groups excluding tert-OH is 1. The largest absolute Gasteiger partial charge is 0.444 e. The third-order valence-corrected chi connectivity index (χ3v) is 3.49. The van der Waals surface area contributed by atoms with Crippen molar-refractivity contribution in [1.82, 2.24) is 5.32 Å². The highest BCUT2D eigenvalue weighted by Crippen LogP contribution is 2.10. The van der Waals surface area contributed by atoms with Gasteiger partial charge in [0, 0.05) is 6.42 Å². The molecule has 0 heterocycles. The predicted octanol–water partition coefficient (Wildman–Crippen LogP) is 4.37. The summed E-state index contributed by atoms with van der Waals surface area (Å²) in [6, 6.07) is 5.86. The smallest absolute Gasteiger partial charge is 0.408 e. The maximum atomic E-state index is 12.9. The quantitative estimate of drug-likeness (QED) is 0.684. The van der Waals surface area contributed by atoms with Crippen molar-refractivity contribution in [2.24, 2.45) is 0 Å². The molecule has 5 heteroatoms. The van der Waals surface area contributed by atoms with E-state index in [9.17, 15) is 14.3 Å². The standard InChI is InChI=1S/C20H30FNO3/c1-5-6-7-17(22-19(24)25-20(2,3)4)12-13-18(23)14-15-8-10-16(21)11-9-15/h8-13,17-18,23H,5-7,14H2,1-4H3,(H,22,24)/b13-12+/t17-,18-/m1/s1. The summed E-state index contributed by atoms with van der Waals surface area (Å²) in [5.41, 5.74) is 0.300. The molecule has 2 atom stereocenters. The molecule has 0 aliphatic rings. The Hall–Kier alpha value is -1.88. The number of unbranched alkanes of at least 4 members (excludes halogenated alkanes) is 1. The van der Waals surface area contributed by atoms with E-state index >= 15 is 0 Å². The number of carbonyl (C=O) groups is 1. The highest BCUT2D eigenvalue weighted by Gasteiger charge is 2.18. The highest BCUT2D eigenvalue weighted by atomic mass is 19.1. The van der Waals surface area contributed by atoms with E-state index in [1.54, 1.807) is 24.3 Å². The lowest BCUT2D eigenvalue weighted by atomic mass is 10.0. The number of aliphatic hydroxyl groups is 1. The fourth-order valence-corrected chi connectivity index (χ4v) is 2.29. The molecule has 4 nitrogen and oxygen atoms in total. The van der Waals surface area contributed by atoms with Crippen LogP contribution in [0, 0.1) is 5.82 Å². The Bertz CT molecular complexity index is 549. The zero-order valence-corrected chi connectivity index (χ0v) is 15.6. The van der Waals surface area contributed by atoms with Gasteiger partial charge in [0.2, 0.25) is 0 Å². The number of rotatable bonds is 8. The van der Waals surface area contributed by atoms with Gasteiger partial charge in [0.05, 0.1) is 12.1 Å². The minimum absolute atomic E-state index is 0.197. The minimum atomic E-state index is -0.699. The third-order valence-electron chi connectivity index (χ3n) is 3.49. The van der Waals surface area contributed by atoms with Gasteiger partial charge in [-0.3, -0.25) is 0 Å². The molecule has 25 heavy (non-hydrogen) atoms. The molecular weight excluding hydrogens is 321 g/mol. The van der Waals surface area contributed by atoms with Crippen LogP contribution in [-0.2, 0) is 11.2 Å². The molecule has 0 aliphatic heterocycles. The fraction of sp³-hybridized carbons (Fsp3) is 0.550. The first-order valence-corrected chi connectivity index (χ1v) is 8.80. The third kappa shape index (κ3) is 9.87. The summed E-state index contributed by atoms with van der Waals surface area (Å²) >= 11 is 0. The zero-order chi connectivity index (χ0) is 18.9. The number of carbonyl (C=O) groups excluding carboxylic acids is 1. The maximum Gasteiger partial charge on any atom is 0.408 e. The van der Waals surface area contributed by atoms with E-state index in [0.29, 0.717) is 6.42 Å². The van der Waals surface area contributed by atoms with Crippen molar-refractivity contribution in [2.45, 2.75) is 71.1 Å². The monoisotopic (exact) mass is 351 g/mol. The summed E-state index contributed by atoms with van der Waals surface area (Å²) in [7, 11) is 0. The van der Waals surface area contributed by atoms with Crippen LogP contribution in [0.25, 0.3) is 0 Å². The molecule has 0 spiro atoms. The van der Waals surface area contributed by atoms with E-state index in [2.05, 4.69) is 12.2 Å². The molecular formula is C20H30FNO3. The van der Waals surface area contributed by atoms with Crippen molar-refractivity contribution in [1.29, 1.82) is 0 Å². The first-order chi connectivity index (χ1) is 11.7. The van der Waals surface area contributed by atoms with E-state index in [-0.39, 0.29) is 11.9 Å². The Kier molecular flexibility index (Phi) is 8.62. The Balaban J connectivity index is 2.61. The van der Waals surface area contributed by atoms with Crippen LogP contribution in [0.2, 0.25) is 0 Å². The zero-order valence-electron chi connectivity index (χ0n) is 15.6. The number of ether oxygens (including phenoxy) is 1. The molecule has 0 aliphatic carbocycles. The van der Waals surface area contributed by atoms with Gasteiger partial charge in [-0.2, -0.15) is 0 Å². The number of halogens is 1. The van der Waals surface area contributed by atoms with Crippen molar-refractivity contribution in [3.05, 3.63) is 47.8 Å². The Morgan fingerprint density at radius 3 is 2.48 bits per heavy atom. The van der Waals surface area contributed by atoms with Gasteiger partial charge in [0.1, 0.15) is 11.4 Å². The lowest BCUT2D eigenvalue weighted by molar-refractivity contribution is 0.0511. The van der Waals surface area contributed by atoms with E-state index in [1.807, 2.05) is 20.8 Å². The summed E-state index contributed by atoms with van der Waals surface area (Å²) < 4.78 is 18.2. The lowest BCUT2D eigenvalue weighted by Gasteiger charge is -2.22. The van der Waals surface area contributed by atoms with Gasteiger partial charge in [-0.25, -0.2) is 9.18 Å². The molecule has 2 N–H and O–H groups in total. The Morgan fingerprint density at radius 2 is 1.92 bits per heavy atom. The van der Waals surface area contributed by atoms with Crippen LogP contribution in [0.15, 0.2) is 36.4 Å². The van der Waals surface area contributed by atoms with Crippen molar-refractivity contribution < 1.29 is 19.0 Å². The normalized spacial score (nSPS) is 14.3. The average Bonchev–Trinajstić information content (AvgIpc) is 2.50. The molecule has 0 radical (unpaired) electrons. The molecule has 0 aromatic heterocycles. The number of nitrogens with one attached hydrogen (secondary N) is 1. The van der Waals surface area contributed by atoms with Crippen LogP contribution < -0.4 is 5.32 Å². The van der Waals surface area contributed by atoms with Gasteiger partial charge < -0.3 is 15.2 Å². The van der Waals surface area contributed by atoms with Gasteiger partial charge in [0.15, 0.2) is 0 Å². The Morgan fingerprint density at radius 1 is 1.28 bits per heavy atom. The van der Waals surface area contributed by atoms with Crippen molar-refractivity contribution in [2.75, 3.05) is 0 Å². The van der Waals surface area contributed by atoms with Crippen LogP contribution in [0.3, 0.4) is 0 Å². The van der Waals surface area contributed by atoms with Gasteiger partial charge in [-0.15, -0.1) is 0 Å². The molecule has 1 aromatic carbocycles. The SMILES string of the molecule is CCCC[C@H](/C=C/[C@@H](O)Cc1ccc(F)cc1)NC(=O)OC(C)(C)C. The summed E-state index contributed by atoms with van der Waals surface area (Å²) in [5.74, 6) is -0.296. The predicted molar refractivity (Wildman–Crippen MR) is 97.9 cm³/mol. The molecule has 140 valence electrons. The van der Waals surface area contributed by atoms with E-state index < -0.39 is 17.8 Å².